The van der Waals surface area contributed by atoms with Crippen molar-refractivity contribution in [2.45, 2.75) is 18.3 Å². The van der Waals surface area contributed by atoms with Crippen LogP contribution >= 0.6 is 22.9 Å². The summed E-state index contributed by atoms with van der Waals surface area (Å²) in [6.07, 6.45) is -8.21. The predicted octanol–water partition coefficient (Wildman–Crippen LogP) is 7.68. The largest absolute Gasteiger partial charge is 0.469 e. The van der Waals surface area contributed by atoms with Crippen molar-refractivity contribution in [2.24, 2.45) is 5.92 Å². The fraction of sp³-hybridized carbons (Fsp3) is 0.241. The second kappa shape index (κ2) is 12.3. The number of hydrogen-bond donors (Lipinski definition) is 1. The molecule has 5 rings (SSSR count). The normalized spacial score (nSPS) is 17.0. The fourth-order valence-electron chi connectivity index (χ4n) is 4.98. The number of benzene rings is 2. The summed E-state index contributed by atoms with van der Waals surface area (Å²) in [5.41, 5.74) is -2.29. The van der Waals surface area contributed by atoms with Crippen LogP contribution in [0, 0.1) is 11.7 Å². The van der Waals surface area contributed by atoms with E-state index in [0.717, 1.165) is 35.6 Å². The van der Waals surface area contributed by atoms with Crippen molar-refractivity contribution < 1.29 is 45.1 Å². The molecule has 4 aromatic rings. The molecule has 0 unspecified atom stereocenters. The molecule has 45 heavy (non-hydrogen) atoms. The molecule has 16 heteroatoms. The molecular weight excluding hydrogens is 653 g/mol. The second-order valence-corrected chi connectivity index (χ2v) is 11.2. The van der Waals surface area contributed by atoms with Gasteiger partial charge in [0.05, 0.1) is 40.4 Å². The minimum absolute atomic E-state index is 0.00578. The molecule has 236 valence electrons. The van der Waals surface area contributed by atoms with Gasteiger partial charge in [0.2, 0.25) is 0 Å². The van der Waals surface area contributed by atoms with Crippen LogP contribution < -0.4 is 10.2 Å². The summed E-state index contributed by atoms with van der Waals surface area (Å²) >= 11 is 7.33. The quantitative estimate of drug-likeness (QED) is 0.167. The number of thiazole rings is 1. The van der Waals surface area contributed by atoms with Crippen LogP contribution in [0.4, 0.5) is 41.7 Å². The Morgan fingerprint density at radius 1 is 1.04 bits per heavy atom. The van der Waals surface area contributed by atoms with Gasteiger partial charge in [-0.05, 0) is 35.9 Å². The first kappa shape index (κ1) is 32.2. The standard InChI is InChI=1S/C29H20ClF7N4O3S/c1-44-26(43)19-12-41(11-18(19)14-5-7-16(8-6-14)28(32,33)34)24-21(30)9-15(10-38-24)25(42)40-27-39-22(13-45-27)17-3-2-4-20(23(17)31)29(35,36)37/h2-10,13,18-19H,11-12H2,1H3,(H,39,40,42)/t18-,19+/m1/s1. The summed E-state index contributed by atoms with van der Waals surface area (Å²) in [6.45, 7) is 0.252. The highest BCUT2D eigenvalue weighted by Crippen LogP contribution is 2.40. The monoisotopic (exact) mass is 672 g/mol. The molecule has 2 atom stereocenters. The number of halogens is 8. The third-order valence-electron chi connectivity index (χ3n) is 7.18. The molecular formula is C29H20ClF7N4O3S. The number of carbonyl (C=O) groups is 2. The number of methoxy groups -OCH3 is 1. The molecule has 1 aliphatic heterocycles. The Hall–Kier alpha value is -4.24. The number of rotatable bonds is 6. The van der Waals surface area contributed by atoms with Crippen LogP contribution in [-0.4, -0.2) is 42.0 Å². The molecule has 0 spiro atoms. The van der Waals surface area contributed by atoms with Gasteiger partial charge in [-0.25, -0.2) is 14.4 Å². The van der Waals surface area contributed by atoms with E-state index in [4.69, 9.17) is 16.3 Å². The van der Waals surface area contributed by atoms with Crippen molar-refractivity contribution in [3.05, 3.63) is 93.2 Å². The Labute approximate surface area is 259 Å². The maximum absolute atomic E-state index is 14.5. The third-order valence-corrected chi connectivity index (χ3v) is 8.21. The highest BCUT2D eigenvalue weighted by molar-refractivity contribution is 7.14. The average Bonchev–Trinajstić information content (AvgIpc) is 3.63. The molecule has 0 aliphatic carbocycles. The maximum atomic E-state index is 14.5. The van der Waals surface area contributed by atoms with Crippen LogP contribution in [0.5, 0.6) is 0 Å². The number of amides is 1. The Balaban J connectivity index is 1.32. The first-order valence-electron chi connectivity index (χ1n) is 13.0. The Morgan fingerprint density at radius 2 is 1.76 bits per heavy atom. The van der Waals surface area contributed by atoms with E-state index in [-0.39, 0.29) is 45.9 Å². The summed E-state index contributed by atoms with van der Waals surface area (Å²) in [5.74, 6) is -3.83. The van der Waals surface area contributed by atoms with Gasteiger partial charge in [0.25, 0.3) is 5.91 Å². The van der Waals surface area contributed by atoms with E-state index in [2.05, 4.69) is 15.3 Å². The summed E-state index contributed by atoms with van der Waals surface area (Å²) in [6, 6.07) is 8.59. The maximum Gasteiger partial charge on any atom is 0.419 e. The molecule has 3 heterocycles. The zero-order chi connectivity index (χ0) is 32.7. The van der Waals surface area contributed by atoms with Crippen molar-refractivity contribution >= 4 is 45.8 Å². The lowest BCUT2D eigenvalue weighted by atomic mass is 9.88. The minimum atomic E-state index is -4.90. The van der Waals surface area contributed by atoms with Gasteiger partial charge in [-0.15, -0.1) is 11.3 Å². The van der Waals surface area contributed by atoms with E-state index >= 15 is 0 Å². The lowest BCUT2D eigenvalue weighted by molar-refractivity contribution is -0.145. The lowest BCUT2D eigenvalue weighted by Crippen LogP contribution is -2.25. The number of alkyl halides is 6. The van der Waals surface area contributed by atoms with Crippen molar-refractivity contribution in [2.75, 3.05) is 30.4 Å². The van der Waals surface area contributed by atoms with Gasteiger partial charge in [-0.1, -0.05) is 29.8 Å². The van der Waals surface area contributed by atoms with Gasteiger partial charge in [0.1, 0.15) is 11.6 Å². The highest BCUT2D eigenvalue weighted by Gasteiger charge is 2.41. The first-order chi connectivity index (χ1) is 21.2. The number of ether oxygens (including phenoxy) is 1. The van der Waals surface area contributed by atoms with Crippen LogP contribution in [-0.2, 0) is 21.9 Å². The Kier molecular flexibility index (Phi) is 8.77. The predicted molar refractivity (Wildman–Crippen MR) is 152 cm³/mol. The number of hydrogen-bond acceptors (Lipinski definition) is 7. The number of esters is 1. The van der Waals surface area contributed by atoms with Crippen molar-refractivity contribution in [3.63, 3.8) is 0 Å². The zero-order valence-corrected chi connectivity index (χ0v) is 24.4. The third kappa shape index (κ3) is 6.73. The summed E-state index contributed by atoms with van der Waals surface area (Å²) in [5, 5.41) is 3.78. The Morgan fingerprint density at radius 3 is 2.38 bits per heavy atom. The number of nitrogens with one attached hydrogen (secondary N) is 1. The molecule has 7 nitrogen and oxygen atoms in total. The van der Waals surface area contributed by atoms with E-state index in [9.17, 15) is 40.3 Å². The van der Waals surface area contributed by atoms with Gasteiger partial charge >= 0.3 is 18.3 Å². The van der Waals surface area contributed by atoms with Crippen LogP contribution in [0.1, 0.15) is 33.0 Å². The van der Waals surface area contributed by atoms with Gasteiger partial charge in [-0.2, -0.15) is 26.3 Å². The van der Waals surface area contributed by atoms with Crippen LogP contribution in [0.15, 0.2) is 60.1 Å². The fourth-order valence-corrected chi connectivity index (χ4v) is 5.98. The lowest BCUT2D eigenvalue weighted by Gasteiger charge is -2.19. The molecule has 1 aliphatic rings. The Bertz CT molecular complexity index is 1750. The van der Waals surface area contributed by atoms with Gasteiger partial charge in [0.15, 0.2) is 5.13 Å². The van der Waals surface area contributed by atoms with Crippen molar-refractivity contribution in [1.82, 2.24) is 9.97 Å². The number of carbonyl (C=O) groups excluding carboxylic acids is 2. The van der Waals surface area contributed by atoms with E-state index in [1.807, 2.05) is 0 Å². The molecule has 1 saturated heterocycles. The molecule has 2 aromatic heterocycles. The minimum Gasteiger partial charge on any atom is -0.469 e. The summed E-state index contributed by atoms with van der Waals surface area (Å²) < 4.78 is 97.9. The van der Waals surface area contributed by atoms with Crippen LogP contribution in [0.2, 0.25) is 5.02 Å². The summed E-state index contributed by atoms with van der Waals surface area (Å²) in [7, 11) is 1.20. The van der Waals surface area contributed by atoms with E-state index < -0.39 is 53.0 Å². The number of pyridine rings is 1. The molecule has 0 saturated carbocycles. The van der Waals surface area contributed by atoms with E-state index in [1.165, 1.54) is 36.9 Å². The number of nitrogens with zero attached hydrogens (tertiary/aromatic N) is 3. The molecule has 0 radical (unpaired) electrons. The van der Waals surface area contributed by atoms with E-state index in [1.54, 1.807) is 4.90 Å². The van der Waals surface area contributed by atoms with Gasteiger partial charge in [-0.3, -0.25) is 14.9 Å². The number of aromatic nitrogens is 2. The SMILES string of the molecule is COC(=O)[C@H]1CN(c2ncc(C(=O)Nc3nc(-c4cccc(C(F)(F)F)c4F)cs3)cc2Cl)C[C@@H]1c1ccc(C(F)(F)F)cc1. The molecule has 1 amide bonds. The van der Waals surface area contributed by atoms with Crippen molar-refractivity contribution in [3.8, 4) is 11.3 Å². The number of anilines is 2. The molecule has 2 aromatic carbocycles. The van der Waals surface area contributed by atoms with Gasteiger partial charge < -0.3 is 9.64 Å². The second-order valence-electron chi connectivity index (χ2n) is 9.95. The first-order valence-corrected chi connectivity index (χ1v) is 14.2. The van der Waals surface area contributed by atoms with Crippen LogP contribution in [0.3, 0.4) is 0 Å². The van der Waals surface area contributed by atoms with E-state index in [0.29, 0.717) is 11.6 Å². The van der Waals surface area contributed by atoms with Crippen molar-refractivity contribution in [1.29, 1.82) is 0 Å². The average molecular weight is 673 g/mol. The highest BCUT2D eigenvalue weighted by atomic mass is 35.5. The topological polar surface area (TPSA) is 84.4 Å². The molecule has 1 fully saturated rings. The summed E-state index contributed by atoms with van der Waals surface area (Å²) in [4.78, 5) is 35.4. The van der Waals surface area contributed by atoms with Crippen LogP contribution in [0.25, 0.3) is 11.3 Å². The van der Waals surface area contributed by atoms with Gasteiger partial charge in [0, 0.05) is 36.1 Å². The molecule has 0 bridgehead atoms. The smallest absolute Gasteiger partial charge is 0.419 e. The molecule has 1 N–H and O–H groups in total. The zero-order valence-electron chi connectivity index (χ0n) is 22.8.